The number of hydrogen-bond acceptors (Lipinski definition) is 6. The van der Waals surface area contributed by atoms with E-state index in [4.69, 9.17) is 27.9 Å². The molecule has 1 unspecified atom stereocenters. The van der Waals surface area contributed by atoms with Crippen molar-refractivity contribution in [2.45, 2.75) is 17.8 Å². The highest BCUT2D eigenvalue weighted by molar-refractivity contribution is 7.99. The molecular weight excluding hydrogens is 423 g/mol. The number of nitrogens with zero attached hydrogens (tertiary/aromatic N) is 3. The first-order valence-electron chi connectivity index (χ1n) is 8.65. The van der Waals surface area contributed by atoms with Gasteiger partial charge >= 0.3 is 0 Å². The zero-order valence-electron chi connectivity index (χ0n) is 15.2. The number of benzene rings is 1. The number of carbonyl (C=O) groups is 1. The fourth-order valence-corrected chi connectivity index (χ4v) is 3.78. The summed E-state index contributed by atoms with van der Waals surface area (Å²) in [5, 5.41) is 8.65. The van der Waals surface area contributed by atoms with Gasteiger partial charge in [0.05, 0.1) is 22.4 Å². The summed E-state index contributed by atoms with van der Waals surface area (Å²) >= 11 is 13.3. The Hall–Kier alpha value is -1.58. The van der Waals surface area contributed by atoms with Crippen LogP contribution in [0.15, 0.2) is 40.2 Å². The molecule has 1 saturated heterocycles. The lowest BCUT2D eigenvalue weighted by Crippen LogP contribution is -2.50. The molecule has 0 saturated carbocycles. The van der Waals surface area contributed by atoms with E-state index in [-0.39, 0.29) is 23.4 Å². The van der Waals surface area contributed by atoms with Gasteiger partial charge in [-0.2, -0.15) is 5.10 Å². The van der Waals surface area contributed by atoms with Crippen LogP contribution in [0, 0.1) is 0 Å². The highest BCUT2D eigenvalue weighted by Gasteiger charge is 2.22. The van der Waals surface area contributed by atoms with Crippen molar-refractivity contribution in [3.63, 3.8) is 0 Å². The van der Waals surface area contributed by atoms with Crippen LogP contribution < -0.4 is 10.9 Å². The number of aryl methyl sites for hydroxylation is 1. The number of ether oxygens (including phenoxy) is 1. The van der Waals surface area contributed by atoms with Gasteiger partial charge in [-0.15, -0.1) is 0 Å². The van der Waals surface area contributed by atoms with Gasteiger partial charge in [-0.1, -0.05) is 41.0 Å². The van der Waals surface area contributed by atoms with Gasteiger partial charge in [0.25, 0.3) is 5.56 Å². The quantitative estimate of drug-likeness (QED) is 0.690. The summed E-state index contributed by atoms with van der Waals surface area (Å²) in [6.07, 6.45) is -0.377. The third kappa shape index (κ3) is 5.96. The van der Waals surface area contributed by atoms with E-state index in [0.717, 1.165) is 12.1 Å². The largest absolute Gasteiger partial charge is 0.356 e. The second kappa shape index (κ2) is 9.76. The first kappa shape index (κ1) is 21.1. The van der Waals surface area contributed by atoms with Crippen molar-refractivity contribution >= 4 is 40.9 Å². The summed E-state index contributed by atoms with van der Waals surface area (Å²) in [7, 11) is 1.57. The van der Waals surface area contributed by atoms with E-state index < -0.39 is 0 Å². The molecule has 1 amide bonds. The predicted molar refractivity (Wildman–Crippen MR) is 110 cm³/mol. The van der Waals surface area contributed by atoms with Crippen LogP contribution in [0.25, 0.3) is 0 Å². The zero-order valence-corrected chi connectivity index (χ0v) is 17.6. The maximum Gasteiger partial charge on any atom is 0.266 e. The topological polar surface area (TPSA) is 76.5 Å². The Kier molecular flexibility index (Phi) is 7.36. The van der Waals surface area contributed by atoms with Crippen molar-refractivity contribution in [2.75, 3.05) is 25.4 Å². The van der Waals surface area contributed by atoms with Crippen molar-refractivity contribution in [3.05, 3.63) is 56.3 Å². The Morgan fingerprint density at radius 2 is 2.14 bits per heavy atom. The molecule has 1 aromatic carbocycles. The SMILES string of the molecule is Cn1nc(SCC(=O)NC2CN(Cc3ccc(Cl)c(Cl)c3)CCO2)ccc1=O. The first-order valence-corrected chi connectivity index (χ1v) is 10.4. The smallest absolute Gasteiger partial charge is 0.266 e. The molecule has 1 aliphatic rings. The average molecular weight is 443 g/mol. The van der Waals surface area contributed by atoms with Gasteiger partial charge in [0.15, 0.2) is 0 Å². The number of halogens is 2. The third-order valence-electron chi connectivity index (χ3n) is 4.15. The summed E-state index contributed by atoms with van der Waals surface area (Å²) < 4.78 is 6.90. The summed E-state index contributed by atoms with van der Waals surface area (Å²) in [6.45, 7) is 2.57. The number of hydrogen-bond donors (Lipinski definition) is 1. The Morgan fingerprint density at radius 1 is 1.32 bits per heavy atom. The van der Waals surface area contributed by atoms with Gasteiger partial charge in [-0.05, 0) is 23.8 Å². The number of nitrogens with one attached hydrogen (secondary N) is 1. The Balaban J connectivity index is 1.48. The minimum absolute atomic E-state index is 0.151. The minimum atomic E-state index is -0.377. The fourth-order valence-electron chi connectivity index (χ4n) is 2.75. The van der Waals surface area contributed by atoms with Crippen LogP contribution in [0.1, 0.15) is 5.56 Å². The molecule has 0 spiro atoms. The standard InChI is InChI=1S/C18H20Cl2N4O3S/c1-23-18(26)5-4-17(22-23)28-11-15(25)21-16-10-24(6-7-27-16)9-12-2-3-13(19)14(20)8-12/h2-5,8,16H,6-7,9-11H2,1H3,(H,21,25). The molecule has 3 rings (SSSR count). The van der Waals surface area contributed by atoms with Crippen LogP contribution in [0.5, 0.6) is 0 Å². The Labute approximate surface area is 176 Å². The van der Waals surface area contributed by atoms with E-state index in [1.54, 1.807) is 19.2 Å². The first-order chi connectivity index (χ1) is 13.4. The molecule has 150 valence electrons. The van der Waals surface area contributed by atoms with Gasteiger partial charge in [0.1, 0.15) is 11.3 Å². The third-order valence-corrected chi connectivity index (χ3v) is 5.81. The van der Waals surface area contributed by atoms with Crippen molar-refractivity contribution in [1.29, 1.82) is 0 Å². The van der Waals surface area contributed by atoms with Crippen LogP contribution in [0.4, 0.5) is 0 Å². The molecule has 1 fully saturated rings. The van der Waals surface area contributed by atoms with Crippen LogP contribution in [-0.4, -0.2) is 52.3 Å². The van der Waals surface area contributed by atoms with Gasteiger partial charge in [-0.3, -0.25) is 14.5 Å². The average Bonchev–Trinajstić information content (AvgIpc) is 2.66. The van der Waals surface area contributed by atoms with Crippen molar-refractivity contribution < 1.29 is 9.53 Å². The van der Waals surface area contributed by atoms with Crippen molar-refractivity contribution in [3.8, 4) is 0 Å². The summed E-state index contributed by atoms with van der Waals surface area (Å²) in [5.41, 5.74) is 0.865. The van der Waals surface area contributed by atoms with Crippen LogP contribution in [0.2, 0.25) is 10.0 Å². The number of rotatable bonds is 6. The number of thioether (sulfide) groups is 1. The van der Waals surface area contributed by atoms with Crippen molar-refractivity contribution in [2.24, 2.45) is 7.05 Å². The van der Waals surface area contributed by atoms with E-state index >= 15 is 0 Å². The van der Waals surface area contributed by atoms with Gasteiger partial charge in [-0.25, -0.2) is 4.68 Å². The normalized spacial score (nSPS) is 17.5. The summed E-state index contributed by atoms with van der Waals surface area (Å²) in [5.74, 6) is 0.0414. The van der Waals surface area contributed by atoms with E-state index in [1.807, 2.05) is 12.1 Å². The maximum absolute atomic E-state index is 12.2. The molecule has 1 aromatic heterocycles. The molecule has 0 aliphatic carbocycles. The van der Waals surface area contributed by atoms with Crippen molar-refractivity contribution in [1.82, 2.24) is 20.0 Å². The molecule has 1 N–H and O–H groups in total. The molecule has 1 aliphatic heterocycles. The second-order valence-electron chi connectivity index (χ2n) is 6.33. The highest BCUT2D eigenvalue weighted by Crippen LogP contribution is 2.23. The molecule has 0 radical (unpaired) electrons. The summed E-state index contributed by atoms with van der Waals surface area (Å²) in [6, 6.07) is 8.61. The zero-order chi connectivity index (χ0) is 20.1. The lowest BCUT2D eigenvalue weighted by Gasteiger charge is -2.33. The minimum Gasteiger partial charge on any atom is -0.356 e. The highest BCUT2D eigenvalue weighted by atomic mass is 35.5. The lowest BCUT2D eigenvalue weighted by molar-refractivity contribution is -0.126. The van der Waals surface area contributed by atoms with Gasteiger partial charge in [0, 0.05) is 32.7 Å². The molecule has 0 bridgehead atoms. The van der Waals surface area contributed by atoms with Crippen LogP contribution in [-0.2, 0) is 23.1 Å². The number of amides is 1. The maximum atomic E-state index is 12.2. The molecular formula is C18H20Cl2N4O3S. The van der Waals surface area contributed by atoms with Gasteiger partial charge < -0.3 is 10.1 Å². The molecule has 2 aromatic rings. The Bertz CT molecular complexity index is 909. The fraction of sp³-hybridized carbons (Fsp3) is 0.389. The molecule has 2 heterocycles. The van der Waals surface area contributed by atoms with E-state index in [1.165, 1.54) is 22.5 Å². The van der Waals surface area contributed by atoms with E-state index in [2.05, 4.69) is 15.3 Å². The van der Waals surface area contributed by atoms with E-state index in [9.17, 15) is 9.59 Å². The number of carbonyl (C=O) groups excluding carboxylic acids is 1. The second-order valence-corrected chi connectivity index (χ2v) is 8.14. The predicted octanol–water partition coefficient (Wildman–Crippen LogP) is 2.15. The molecule has 7 nitrogen and oxygen atoms in total. The van der Waals surface area contributed by atoms with E-state index in [0.29, 0.717) is 34.8 Å². The number of aromatic nitrogens is 2. The lowest BCUT2D eigenvalue weighted by atomic mass is 10.2. The summed E-state index contributed by atoms with van der Waals surface area (Å²) in [4.78, 5) is 25.8. The van der Waals surface area contributed by atoms with Gasteiger partial charge in [0.2, 0.25) is 5.91 Å². The molecule has 10 heteroatoms. The van der Waals surface area contributed by atoms with Crippen LogP contribution >= 0.6 is 35.0 Å². The molecule has 1 atom stereocenters. The molecule has 28 heavy (non-hydrogen) atoms. The van der Waals surface area contributed by atoms with Crippen LogP contribution in [0.3, 0.4) is 0 Å². The monoisotopic (exact) mass is 442 g/mol. The Morgan fingerprint density at radius 3 is 2.89 bits per heavy atom. The number of morpholine rings is 1.